The molecule has 1 aliphatic rings. The van der Waals surface area contributed by atoms with Crippen LogP contribution in [0.15, 0.2) is 0 Å². The molecule has 0 heterocycles. The molecule has 1 saturated carbocycles. The van der Waals surface area contributed by atoms with Gasteiger partial charge in [-0.2, -0.15) is 0 Å². The standard InChI is InChI=1S/C12H22NO/c1-2-3-5-8-12(11(13)14)9-6-4-7-10-12/h13H,2-10H2,1H3. The predicted octanol–water partition coefficient (Wildman–Crippen LogP) is 3.33. The second-order valence-electron chi connectivity index (χ2n) is 4.63. The van der Waals surface area contributed by atoms with Gasteiger partial charge in [-0.05, 0) is 19.3 Å². The Balaban J connectivity index is 2.47. The summed E-state index contributed by atoms with van der Waals surface area (Å²) in [5, 5.41) is 0. The van der Waals surface area contributed by atoms with Crippen molar-refractivity contribution in [1.82, 2.24) is 5.73 Å². The van der Waals surface area contributed by atoms with Crippen LogP contribution >= 0.6 is 0 Å². The number of rotatable bonds is 5. The summed E-state index contributed by atoms with van der Waals surface area (Å²) < 4.78 is 0. The van der Waals surface area contributed by atoms with Crippen LogP contribution < -0.4 is 5.73 Å². The van der Waals surface area contributed by atoms with Gasteiger partial charge in [0.1, 0.15) is 0 Å². The van der Waals surface area contributed by atoms with Crippen molar-refractivity contribution in [1.29, 1.82) is 0 Å². The number of hydrogen-bond donors (Lipinski definition) is 0. The predicted molar refractivity (Wildman–Crippen MR) is 57.8 cm³/mol. The molecule has 81 valence electrons. The molecule has 0 aliphatic heterocycles. The molecule has 1 fully saturated rings. The Bertz CT molecular complexity index is 183. The Morgan fingerprint density at radius 1 is 1.21 bits per heavy atom. The van der Waals surface area contributed by atoms with Gasteiger partial charge >= 0.3 is 0 Å². The van der Waals surface area contributed by atoms with Crippen LogP contribution in [0.1, 0.15) is 64.7 Å². The lowest BCUT2D eigenvalue weighted by molar-refractivity contribution is -0.130. The molecule has 0 spiro atoms. The molecule has 0 aromatic rings. The van der Waals surface area contributed by atoms with E-state index in [9.17, 15) is 4.79 Å². The molecule has 1 aliphatic carbocycles. The second kappa shape index (κ2) is 5.38. The fourth-order valence-electron chi connectivity index (χ4n) is 2.53. The van der Waals surface area contributed by atoms with Gasteiger partial charge in [0.2, 0.25) is 5.91 Å². The normalized spacial score (nSPS) is 20.6. The molecule has 0 saturated heterocycles. The second-order valence-corrected chi connectivity index (χ2v) is 4.63. The van der Waals surface area contributed by atoms with Gasteiger partial charge in [0.25, 0.3) is 0 Å². The van der Waals surface area contributed by atoms with Crippen molar-refractivity contribution < 1.29 is 4.79 Å². The molecule has 1 amide bonds. The number of hydrogen-bond acceptors (Lipinski definition) is 1. The quantitative estimate of drug-likeness (QED) is 0.622. The van der Waals surface area contributed by atoms with Crippen molar-refractivity contribution in [3.05, 3.63) is 0 Å². The first-order valence-electron chi connectivity index (χ1n) is 5.97. The first-order chi connectivity index (χ1) is 6.71. The highest BCUT2D eigenvalue weighted by Gasteiger charge is 2.37. The van der Waals surface area contributed by atoms with Gasteiger partial charge < -0.3 is 0 Å². The molecule has 0 atom stereocenters. The van der Waals surface area contributed by atoms with E-state index in [1.54, 1.807) is 0 Å². The first kappa shape index (κ1) is 11.5. The fraction of sp³-hybridized carbons (Fsp3) is 0.917. The summed E-state index contributed by atoms with van der Waals surface area (Å²) in [6.45, 7) is 2.18. The molecule has 0 bridgehead atoms. The van der Waals surface area contributed by atoms with Crippen LogP contribution in [0, 0.1) is 5.41 Å². The Labute approximate surface area is 87.2 Å². The highest BCUT2D eigenvalue weighted by atomic mass is 16.1. The van der Waals surface area contributed by atoms with Crippen LogP contribution in [-0.2, 0) is 4.79 Å². The fourth-order valence-corrected chi connectivity index (χ4v) is 2.53. The molecule has 14 heavy (non-hydrogen) atoms. The number of unbranched alkanes of at least 4 members (excludes halogenated alkanes) is 2. The largest absolute Gasteiger partial charge is 0.273 e. The van der Waals surface area contributed by atoms with Gasteiger partial charge in [0.15, 0.2) is 0 Å². The Morgan fingerprint density at radius 3 is 2.36 bits per heavy atom. The molecular formula is C12H22NO. The summed E-state index contributed by atoms with van der Waals surface area (Å²) >= 11 is 0. The van der Waals surface area contributed by atoms with Crippen LogP contribution in [0.5, 0.6) is 0 Å². The number of carbonyl (C=O) groups excluding carboxylic acids is 1. The smallest absolute Gasteiger partial charge is 0.244 e. The summed E-state index contributed by atoms with van der Waals surface area (Å²) in [6.07, 6.45) is 9.98. The van der Waals surface area contributed by atoms with E-state index in [4.69, 9.17) is 5.73 Å². The lowest BCUT2D eigenvalue weighted by Gasteiger charge is -2.33. The lowest BCUT2D eigenvalue weighted by atomic mass is 9.70. The first-order valence-corrected chi connectivity index (χ1v) is 5.97. The monoisotopic (exact) mass is 196 g/mol. The summed E-state index contributed by atoms with van der Waals surface area (Å²) in [4.78, 5) is 11.4. The van der Waals surface area contributed by atoms with Gasteiger partial charge in [-0.1, -0.05) is 45.4 Å². The van der Waals surface area contributed by atoms with Crippen LogP contribution in [0.2, 0.25) is 0 Å². The van der Waals surface area contributed by atoms with E-state index in [0.717, 1.165) is 38.5 Å². The van der Waals surface area contributed by atoms with Gasteiger partial charge in [0, 0.05) is 0 Å². The molecule has 2 nitrogen and oxygen atoms in total. The van der Waals surface area contributed by atoms with E-state index < -0.39 is 0 Å². The van der Waals surface area contributed by atoms with Gasteiger partial charge in [-0.25, -0.2) is 0 Å². The Hall–Kier alpha value is -0.530. The van der Waals surface area contributed by atoms with Crippen molar-refractivity contribution in [3.63, 3.8) is 0 Å². The van der Waals surface area contributed by atoms with E-state index in [0.29, 0.717) is 0 Å². The average Bonchev–Trinajstić information content (AvgIpc) is 2.19. The zero-order valence-electron chi connectivity index (χ0n) is 9.27. The van der Waals surface area contributed by atoms with E-state index in [1.165, 1.54) is 19.3 Å². The number of carbonyl (C=O) groups is 1. The summed E-state index contributed by atoms with van der Waals surface area (Å²) in [5.41, 5.74) is 7.17. The highest BCUT2D eigenvalue weighted by molar-refractivity contribution is 5.80. The Kier molecular flexibility index (Phi) is 4.43. The number of nitrogens with one attached hydrogen (secondary N) is 1. The molecule has 1 rings (SSSR count). The highest BCUT2D eigenvalue weighted by Crippen LogP contribution is 2.40. The van der Waals surface area contributed by atoms with E-state index in [2.05, 4.69) is 6.92 Å². The minimum atomic E-state index is -0.298. The maximum Gasteiger partial charge on any atom is 0.244 e. The zero-order chi connectivity index (χ0) is 10.4. The van der Waals surface area contributed by atoms with E-state index in [-0.39, 0.29) is 11.3 Å². The van der Waals surface area contributed by atoms with Crippen molar-refractivity contribution >= 4 is 5.91 Å². The molecule has 0 aromatic carbocycles. The minimum Gasteiger partial charge on any atom is -0.273 e. The van der Waals surface area contributed by atoms with Crippen molar-refractivity contribution in [2.45, 2.75) is 64.7 Å². The van der Waals surface area contributed by atoms with Gasteiger partial charge in [-0.15, -0.1) is 0 Å². The molecule has 1 N–H and O–H groups in total. The lowest BCUT2D eigenvalue weighted by Crippen LogP contribution is -2.34. The summed E-state index contributed by atoms with van der Waals surface area (Å²) in [5.74, 6) is -0.298. The average molecular weight is 196 g/mol. The van der Waals surface area contributed by atoms with Crippen molar-refractivity contribution in [2.75, 3.05) is 0 Å². The van der Waals surface area contributed by atoms with Crippen LogP contribution in [0.25, 0.3) is 0 Å². The third-order valence-corrected chi connectivity index (χ3v) is 3.55. The molecule has 1 radical (unpaired) electrons. The number of amides is 1. The molecule has 0 unspecified atom stereocenters. The van der Waals surface area contributed by atoms with Crippen LogP contribution in [-0.4, -0.2) is 5.91 Å². The van der Waals surface area contributed by atoms with E-state index in [1.807, 2.05) is 0 Å². The van der Waals surface area contributed by atoms with E-state index >= 15 is 0 Å². The van der Waals surface area contributed by atoms with Crippen LogP contribution in [0.3, 0.4) is 0 Å². The molecular weight excluding hydrogens is 174 g/mol. The SMILES string of the molecule is CCCCCC1(C([NH])=O)CCCCC1. The maximum absolute atomic E-state index is 11.4. The van der Waals surface area contributed by atoms with Crippen LogP contribution in [0.4, 0.5) is 0 Å². The zero-order valence-corrected chi connectivity index (χ0v) is 9.27. The van der Waals surface area contributed by atoms with Gasteiger partial charge in [0.05, 0.1) is 5.41 Å². The minimum absolute atomic E-state index is 0.243. The molecule has 0 aromatic heterocycles. The van der Waals surface area contributed by atoms with Crippen molar-refractivity contribution in [3.8, 4) is 0 Å². The topological polar surface area (TPSA) is 40.9 Å². The Morgan fingerprint density at radius 2 is 1.86 bits per heavy atom. The summed E-state index contributed by atoms with van der Waals surface area (Å²) in [6, 6.07) is 0. The van der Waals surface area contributed by atoms with Crippen molar-refractivity contribution in [2.24, 2.45) is 5.41 Å². The molecule has 2 heteroatoms. The third-order valence-electron chi connectivity index (χ3n) is 3.55. The summed E-state index contributed by atoms with van der Waals surface area (Å²) in [7, 11) is 0. The van der Waals surface area contributed by atoms with Gasteiger partial charge in [-0.3, -0.25) is 10.5 Å². The maximum atomic E-state index is 11.4. The third kappa shape index (κ3) is 2.73.